The molecular formula is C34H42F3N5O3. The molecule has 2 aliphatic rings. The molecule has 3 N–H and O–H groups in total. The van der Waals surface area contributed by atoms with Crippen LogP contribution < -0.4 is 16.0 Å². The normalized spacial score (nSPS) is 20.8. The number of carbonyl (C=O) groups is 1. The van der Waals surface area contributed by atoms with Crippen LogP contribution in [0.1, 0.15) is 54.6 Å². The van der Waals surface area contributed by atoms with Crippen molar-refractivity contribution >= 4 is 28.2 Å². The van der Waals surface area contributed by atoms with Crippen molar-refractivity contribution in [3.8, 4) is 11.8 Å². The zero-order chi connectivity index (χ0) is 31.8. The van der Waals surface area contributed by atoms with E-state index in [2.05, 4.69) is 32.7 Å². The lowest BCUT2D eigenvalue weighted by molar-refractivity contribution is -0.140. The van der Waals surface area contributed by atoms with Crippen molar-refractivity contribution in [3.05, 3.63) is 59.8 Å². The lowest BCUT2D eigenvalue weighted by Gasteiger charge is -2.41. The molecule has 0 spiro atoms. The lowest BCUT2D eigenvalue weighted by atomic mass is 9.88. The number of nitrogens with zero attached hydrogens (tertiary/aromatic N) is 2. The highest BCUT2D eigenvalue weighted by molar-refractivity contribution is 5.95. The first-order valence-corrected chi connectivity index (χ1v) is 15.6. The summed E-state index contributed by atoms with van der Waals surface area (Å²) in [6.07, 6.45) is 2.40. The highest BCUT2D eigenvalue weighted by Gasteiger charge is 2.31. The van der Waals surface area contributed by atoms with Gasteiger partial charge in [0, 0.05) is 55.2 Å². The maximum atomic E-state index is 13.7. The largest absolute Gasteiger partial charge is 0.406 e. The van der Waals surface area contributed by atoms with E-state index in [0.717, 1.165) is 68.4 Å². The van der Waals surface area contributed by atoms with Crippen molar-refractivity contribution in [1.29, 1.82) is 0 Å². The predicted molar refractivity (Wildman–Crippen MR) is 170 cm³/mol. The Hall–Kier alpha value is -3.72. The van der Waals surface area contributed by atoms with E-state index in [4.69, 9.17) is 9.47 Å². The van der Waals surface area contributed by atoms with Crippen LogP contribution in [0.15, 0.2) is 48.5 Å². The van der Waals surface area contributed by atoms with Crippen LogP contribution in [0.2, 0.25) is 0 Å². The molecule has 11 heteroatoms. The molecule has 2 aromatic carbocycles. The van der Waals surface area contributed by atoms with E-state index in [9.17, 15) is 18.0 Å². The van der Waals surface area contributed by atoms with Gasteiger partial charge in [-0.15, -0.1) is 0 Å². The molecule has 242 valence electrons. The molecule has 1 amide bonds. The number of hydrogen-bond donors (Lipinski definition) is 3. The second-order valence-electron chi connectivity index (χ2n) is 11.8. The van der Waals surface area contributed by atoms with Gasteiger partial charge in [-0.05, 0) is 93.5 Å². The van der Waals surface area contributed by atoms with Crippen molar-refractivity contribution in [2.24, 2.45) is 0 Å². The molecule has 0 bridgehead atoms. The molecule has 0 radical (unpaired) electrons. The predicted octanol–water partition coefficient (Wildman–Crippen LogP) is 5.83. The van der Waals surface area contributed by atoms with Gasteiger partial charge in [0.15, 0.2) is 0 Å². The number of aromatic nitrogens is 1. The number of carbonyl (C=O) groups excluding carboxylic acids is 1. The molecular weight excluding hydrogens is 583 g/mol. The number of benzene rings is 2. The Morgan fingerprint density at radius 2 is 1.82 bits per heavy atom. The van der Waals surface area contributed by atoms with Gasteiger partial charge in [-0.2, -0.15) is 13.2 Å². The van der Waals surface area contributed by atoms with Crippen molar-refractivity contribution in [2.75, 3.05) is 51.2 Å². The molecule has 1 saturated heterocycles. The van der Waals surface area contributed by atoms with Crippen LogP contribution in [0, 0.1) is 11.8 Å². The summed E-state index contributed by atoms with van der Waals surface area (Å²) in [7, 11) is 3.28. The van der Waals surface area contributed by atoms with E-state index in [1.165, 1.54) is 11.7 Å². The highest BCUT2D eigenvalue weighted by Crippen LogP contribution is 2.33. The van der Waals surface area contributed by atoms with Crippen molar-refractivity contribution in [3.63, 3.8) is 0 Å². The first-order chi connectivity index (χ1) is 21.7. The molecule has 1 aromatic heterocycles. The van der Waals surface area contributed by atoms with E-state index in [1.54, 1.807) is 49.6 Å². The quantitative estimate of drug-likeness (QED) is 0.194. The molecule has 1 aliphatic heterocycles. The number of hydrogen-bond acceptors (Lipinski definition) is 6. The maximum absolute atomic E-state index is 13.7. The number of nitrogens with one attached hydrogen (secondary N) is 3. The monoisotopic (exact) mass is 625 g/mol. The average Bonchev–Trinajstić information content (AvgIpc) is 3.39. The molecule has 1 saturated carbocycles. The van der Waals surface area contributed by atoms with Gasteiger partial charge < -0.3 is 30.0 Å². The fraction of sp³-hybridized carbons (Fsp3) is 0.500. The number of amides is 1. The summed E-state index contributed by atoms with van der Waals surface area (Å²) in [6, 6.07) is 14.9. The fourth-order valence-electron chi connectivity index (χ4n) is 6.42. The summed E-state index contributed by atoms with van der Waals surface area (Å²) in [5, 5.41) is 10.1. The minimum absolute atomic E-state index is 0.118. The average molecular weight is 626 g/mol. The zero-order valence-electron chi connectivity index (χ0n) is 25.9. The van der Waals surface area contributed by atoms with Crippen LogP contribution in [0.25, 0.3) is 10.9 Å². The smallest absolute Gasteiger partial charge is 0.382 e. The standard InChI is InChI=1S/C34H42F3N5O3/c1-44-23-39-33(43)24-10-12-25(13-11-24)38-18-4-6-28-20-30-31(8-3-9-32(30)42(28)22-34(35,36)37)40-26-14-16-27(17-15-26)41-19-5-7-29(21-41)45-2/h3,8-13,20,26-27,29,38,40H,5,7,14-19,21-23H2,1-2H3,(H,39,43). The van der Waals surface area contributed by atoms with Crippen LogP contribution in [-0.2, 0) is 16.0 Å². The molecule has 2 fully saturated rings. The van der Waals surface area contributed by atoms with Crippen LogP contribution in [-0.4, -0.2) is 80.3 Å². The molecule has 45 heavy (non-hydrogen) atoms. The van der Waals surface area contributed by atoms with Crippen LogP contribution in [0.5, 0.6) is 0 Å². The van der Waals surface area contributed by atoms with Gasteiger partial charge in [0.2, 0.25) is 0 Å². The number of halogens is 3. The molecule has 3 aromatic rings. The third-order valence-electron chi connectivity index (χ3n) is 8.72. The first kappa shape index (κ1) is 32.7. The molecule has 1 aliphatic carbocycles. The molecule has 8 nitrogen and oxygen atoms in total. The van der Waals surface area contributed by atoms with E-state index < -0.39 is 12.7 Å². The van der Waals surface area contributed by atoms with Gasteiger partial charge in [0.25, 0.3) is 5.91 Å². The van der Waals surface area contributed by atoms with Gasteiger partial charge in [-0.3, -0.25) is 9.69 Å². The number of ether oxygens (including phenoxy) is 2. The molecule has 1 unspecified atom stereocenters. The minimum Gasteiger partial charge on any atom is -0.382 e. The van der Waals surface area contributed by atoms with Gasteiger partial charge >= 0.3 is 6.18 Å². The summed E-state index contributed by atoms with van der Waals surface area (Å²) in [4.78, 5) is 14.6. The zero-order valence-corrected chi connectivity index (χ0v) is 25.9. The Kier molecular flexibility index (Phi) is 10.9. The van der Waals surface area contributed by atoms with Gasteiger partial charge in [-0.1, -0.05) is 12.0 Å². The third-order valence-corrected chi connectivity index (χ3v) is 8.72. The van der Waals surface area contributed by atoms with E-state index in [1.807, 2.05) is 6.07 Å². The Bertz CT molecular complexity index is 1490. The van der Waals surface area contributed by atoms with E-state index in [-0.39, 0.29) is 25.2 Å². The van der Waals surface area contributed by atoms with Crippen LogP contribution in [0.4, 0.5) is 24.5 Å². The Balaban J connectivity index is 1.25. The van der Waals surface area contributed by atoms with Crippen molar-refractivity contribution in [2.45, 2.75) is 69.4 Å². The summed E-state index contributed by atoms with van der Waals surface area (Å²) < 4.78 is 52.7. The first-order valence-electron chi connectivity index (χ1n) is 15.6. The lowest BCUT2D eigenvalue weighted by Crippen LogP contribution is -2.47. The van der Waals surface area contributed by atoms with E-state index >= 15 is 0 Å². The van der Waals surface area contributed by atoms with Crippen molar-refractivity contribution in [1.82, 2.24) is 14.8 Å². The number of rotatable bonds is 10. The number of methoxy groups -OCH3 is 2. The fourth-order valence-corrected chi connectivity index (χ4v) is 6.42. The van der Waals surface area contributed by atoms with Crippen molar-refractivity contribution < 1.29 is 27.4 Å². The molecule has 5 rings (SSSR count). The summed E-state index contributed by atoms with van der Waals surface area (Å²) in [5.74, 6) is 5.68. The molecule has 2 heterocycles. The SMILES string of the molecule is COCNC(=O)c1ccc(NCC#Cc2cc3c(NC4CCC(N5CCCC(OC)C5)CC4)cccc3n2CC(F)(F)F)cc1. The maximum Gasteiger partial charge on any atom is 0.406 e. The summed E-state index contributed by atoms with van der Waals surface area (Å²) >= 11 is 0. The number of fused-ring (bicyclic) bond motifs is 1. The van der Waals surface area contributed by atoms with Crippen LogP contribution in [0.3, 0.4) is 0 Å². The number of anilines is 2. The van der Waals surface area contributed by atoms with Crippen LogP contribution >= 0.6 is 0 Å². The van der Waals surface area contributed by atoms with Gasteiger partial charge in [-0.25, -0.2) is 0 Å². The number of likely N-dealkylation sites (tertiary alicyclic amines) is 1. The second kappa shape index (κ2) is 15.0. The summed E-state index contributed by atoms with van der Waals surface area (Å²) in [5.41, 5.74) is 2.88. The Morgan fingerprint density at radius 3 is 2.53 bits per heavy atom. The van der Waals surface area contributed by atoms with E-state index in [0.29, 0.717) is 28.9 Å². The van der Waals surface area contributed by atoms with Gasteiger partial charge in [0.05, 0.1) is 23.9 Å². The minimum atomic E-state index is -4.39. The molecule has 1 atom stereocenters. The van der Waals surface area contributed by atoms with Gasteiger partial charge in [0.1, 0.15) is 13.3 Å². The topological polar surface area (TPSA) is 79.8 Å². The number of piperidine rings is 1. The highest BCUT2D eigenvalue weighted by atomic mass is 19.4. The third kappa shape index (κ3) is 8.72. The Labute approximate surface area is 262 Å². The Morgan fingerprint density at radius 1 is 1.04 bits per heavy atom. The second-order valence-corrected chi connectivity index (χ2v) is 11.8. The summed E-state index contributed by atoms with van der Waals surface area (Å²) in [6.45, 7) is 1.33. The number of alkyl halides is 3.